The number of hydrogen-bond donors (Lipinski definition) is 1. The number of nitrogens with one attached hydrogen (secondary N) is 1. The van der Waals surface area contributed by atoms with E-state index in [2.05, 4.69) is 10.3 Å². The Balaban J connectivity index is 1.76. The highest BCUT2D eigenvalue weighted by Crippen LogP contribution is 2.34. The molecule has 0 bridgehead atoms. The van der Waals surface area contributed by atoms with E-state index in [0.29, 0.717) is 11.5 Å². The molecule has 1 heterocycles. The lowest BCUT2D eigenvalue weighted by Crippen LogP contribution is -2.14. The summed E-state index contributed by atoms with van der Waals surface area (Å²) in [5.74, 6) is 1.25. The molecule has 0 aliphatic heterocycles. The summed E-state index contributed by atoms with van der Waals surface area (Å²) < 4.78 is 10.7. The van der Waals surface area contributed by atoms with Gasteiger partial charge in [0.15, 0.2) is 11.5 Å². The van der Waals surface area contributed by atoms with Gasteiger partial charge in [0.2, 0.25) is 5.91 Å². The second-order valence-electron chi connectivity index (χ2n) is 6.17. The summed E-state index contributed by atoms with van der Waals surface area (Å²) in [7, 11) is 3.22. The quantitative estimate of drug-likeness (QED) is 0.675. The number of nitrogens with zero attached hydrogens (tertiary/aromatic N) is 1. The summed E-state index contributed by atoms with van der Waals surface area (Å²) in [6, 6.07) is 13.4. The SMILES string of the molecule is COc1ccc(-c2nc(CC(=O)Nc3ccc(C)cc3)sc2C)cc1OC. The van der Waals surface area contributed by atoms with Gasteiger partial charge in [-0.3, -0.25) is 4.79 Å². The number of carbonyl (C=O) groups excluding carboxylic acids is 1. The first kappa shape index (κ1) is 18.9. The van der Waals surface area contributed by atoms with E-state index >= 15 is 0 Å². The minimum atomic E-state index is -0.0773. The lowest BCUT2D eigenvalue weighted by atomic mass is 10.1. The fourth-order valence-corrected chi connectivity index (χ4v) is 3.71. The van der Waals surface area contributed by atoms with Crippen molar-refractivity contribution in [2.75, 3.05) is 19.5 Å². The molecule has 0 aliphatic rings. The molecule has 1 amide bonds. The van der Waals surface area contributed by atoms with Gasteiger partial charge < -0.3 is 14.8 Å². The molecule has 0 atom stereocenters. The molecular formula is C21H22N2O3S. The Kier molecular flexibility index (Phi) is 5.76. The van der Waals surface area contributed by atoms with Gasteiger partial charge in [0.1, 0.15) is 5.01 Å². The summed E-state index contributed by atoms with van der Waals surface area (Å²) in [5.41, 5.74) is 3.74. The first-order valence-electron chi connectivity index (χ1n) is 8.55. The van der Waals surface area contributed by atoms with Crippen LogP contribution in [-0.4, -0.2) is 25.1 Å². The molecule has 0 fully saturated rings. The highest BCUT2D eigenvalue weighted by molar-refractivity contribution is 7.12. The average molecular weight is 382 g/mol. The van der Waals surface area contributed by atoms with Crippen molar-refractivity contribution in [1.82, 2.24) is 4.98 Å². The molecule has 3 rings (SSSR count). The highest BCUT2D eigenvalue weighted by Gasteiger charge is 2.15. The molecule has 1 N–H and O–H groups in total. The fourth-order valence-electron chi connectivity index (χ4n) is 2.76. The van der Waals surface area contributed by atoms with Crippen LogP contribution in [0.5, 0.6) is 11.5 Å². The number of amides is 1. The van der Waals surface area contributed by atoms with Crippen molar-refractivity contribution in [3.8, 4) is 22.8 Å². The van der Waals surface area contributed by atoms with Crippen LogP contribution in [0.15, 0.2) is 42.5 Å². The van der Waals surface area contributed by atoms with Gasteiger partial charge in [-0.05, 0) is 44.2 Å². The van der Waals surface area contributed by atoms with Crippen LogP contribution in [0, 0.1) is 13.8 Å². The summed E-state index contributed by atoms with van der Waals surface area (Å²) >= 11 is 1.53. The standard InChI is InChI=1S/C21H22N2O3S/c1-13-5-8-16(9-6-13)22-19(24)12-20-23-21(14(2)27-20)15-7-10-17(25-3)18(11-15)26-4/h5-11H,12H2,1-4H3,(H,22,24). The average Bonchev–Trinajstić information content (AvgIpc) is 3.02. The van der Waals surface area contributed by atoms with Gasteiger partial charge in [-0.25, -0.2) is 4.98 Å². The lowest BCUT2D eigenvalue weighted by Gasteiger charge is -2.08. The molecular weight excluding hydrogens is 360 g/mol. The molecule has 27 heavy (non-hydrogen) atoms. The number of methoxy groups -OCH3 is 2. The number of aromatic nitrogens is 1. The van der Waals surface area contributed by atoms with E-state index in [0.717, 1.165) is 32.4 Å². The molecule has 3 aromatic rings. The third-order valence-electron chi connectivity index (χ3n) is 4.14. The largest absolute Gasteiger partial charge is 0.493 e. The zero-order chi connectivity index (χ0) is 19.4. The maximum Gasteiger partial charge on any atom is 0.231 e. The lowest BCUT2D eigenvalue weighted by molar-refractivity contribution is -0.115. The topological polar surface area (TPSA) is 60.5 Å². The molecule has 2 aromatic carbocycles. The van der Waals surface area contributed by atoms with Crippen LogP contribution >= 0.6 is 11.3 Å². The maximum absolute atomic E-state index is 12.3. The van der Waals surface area contributed by atoms with Crippen LogP contribution in [0.3, 0.4) is 0 Å². The van der Waals surface area contributed by atoms with Crippen molar-refractivity contribution in [3.63, 3.8) is 0 Å². The van der Waals surface area contributed by atoms with E-state index < -0.39 is 0 Å². The number of benzene rings is 2. The van der Waals surface area contributed by atoms with E-state index in [-0.39, 0.29) is 12.3 Å². The fraction of sp³-hybridized carbons (Fsp3) is 0.238. The van der Waals surface area contributed by atoms with Crippen molar-refractivity contribution in [2.24, 2.45) is 0 Å². The Morgan fingerprint density at radius 2 is 1.74 bits per heavy atom. The van der Waals surface area contributed by atoms with Gasteiger partial charge in [-0.1, -0.05) is 17.7 Å². The number of ether oxygens (including phenoxy) is 2. The van der Waals surface area contributed by atoms with Crippen LogP contribution < -0.4 is 14.8 Å². The van der Waals surface area contributed by atoms with Crippen LogP contribution in [0.4, 0.5) is 5.69 Å². The van der Waals surface area contributed by atoms with Crippen LogP contribution in [-0.2, 0) is 11.2 Å². The third-order valence-corrected chi connectivity index (χ3v) is 5.12. The zero-order valence-corrected chi connectivity index (χ0v) is 16.6. The molecule has 0 radical (unpaired) electrons. The molecule has 0 spiro atoms. The van der Waals surface area contributed by atoms with Gasteiger partial charge >= 0.3 is 0 Å². The van der Waals surface area contributed by atoms with Crippen LogP contribution in [0.25, 0.3) is 11.3 Å². The van der Waals surface area contributed by atoms with Crippen LogP contribution in [0.2, 0.25) is 0 Å². The molecule has 1 aromatic heterocycles. The normalized spacial score (nSPS) is 10.5. The van der Waals surface area contributed by atoms with Gasteiger partial charge in [-0.2, -0.15) is 0 Å². The van der Waals surface area contributed by atoms with Gasteiger partial charge in [0, 0.05) is 16.1 Å². The van der Waals surface area contributed by atoms with Gasteiger partial charge in [0.05, 0.1) is 26.3 Å². The van der Waals surface area contributed by atoms with Crippen molar-refractivity contribution in [1.29, 1.82) is 0 Å². The first-order valence-corrected chi connectivity index (χ1v) is 9.37. The van der Waals surface area contributed by atoms with E-state index in [1.54, 1.807) is 14.2 Å². The van der Waals surface area contributed by atoms with Crippen molar-refractivity contribution < 1.29 is 14.3 Å². The summed E-state index contributed by atoms with van der Waals surface area (Å²) in [6.45, 7) is 4.02. The van der Waals surface area contributed by atoms with Gasteiger partial charge in [-0.15, -0.1) is 11.3 Å². The predicted molar refractivity (Wildman–Crippen MR) is 109 cm³/mol. The Morgan fingerprint density at radius 1 is 1.04 bits per heavy atom. The van der Waals surface area contributed by atoms with Crippen molar-refractivity contribution in [2.45, 2.75) is 20.3 Å². The Morgan fingerprint density at radius 3 is 2.41 bits per heavy atom. The predicted octanol–water partition coefficient (Wildman–Crippen LogP) is 4.63. The first-order chi connectivity index (χ1) is 13.0. The Hall–Kier alpha value is -2.86. The molecule has 6 heteroatoms. The number of carbonyl (C=O) groups is 1. The monoisotopic (exact) mass is 382 g/mol. The summed E-state index contributed by atoms with van der Waals surface area (Å²) in [6.07, 6.45) is 0.243. The van der Waals surface area contributed by atoms with E-state index in [4.69, 9.17) is 9.47 Å². The number of rotatable bonds is 6. The smallest absolute Gasteiger partial charge is 0.231 e. The molecule has 0 unspecified atom stereocenters. The van der Waals surface area contributed by atoms with E-state index in [9.17, 15) is 4.79 Å². The van der Waals surface area contributed by atoms with Crippen molar-refractivity contribution in [3.05, 3.63) is 57.9 Å². The molecule has 0 saturated heterocycles. The molecule has 5 nitrogen and oxygen atoms in total. The Bertz CT molecular complexity index is 949. The summed E-state index contributed by atoms with van der Waals surface area (Å²) in [4.78, 5) is 18.1. The van der Waals surface area contributed by atoms with Crippen molar-refractivity contribution >= 4 is 22.9 Å². The third kappa shape index (κ3) is 4.46. The number of hydrogen-bond acceptors (Lipinski definition) is 5. The molecule has 0 saturated carbocycles. The zero-order valence-electron chi connectivity index (χ0n) is 15.8. The minimum Gasteiger partial charge on any atom is -0.493 e. The Labute approximate surface area is 163 Å². The van der Waals surface area contributed by atoms with Gasteiger partial charge in [0.25, 0.3) is 0 Å². The molecule has 0 aliphatic carbocycles. The second kappa shape index (κ2) is 8.22. The summed E-state index contributed by atoms with van der Waals surface area (Å²) in [5, 5.41) is 3.69. The van der Waals surface area contributed by atoms with E-state index in [1.807, 2.05) is 56.3 Å². The number of aryl methyl sites for hydroxylation is 2. The maximum atomic E-state index is 12.3. The van der Waals surface area contributed by atoms with Crippen LogP contribution in [0.1, 0.15) is 15.4 Å². The minimum absolute atomic E-state index is 0.0773. The van der Waals surface area contributed by atoms with E-state index in [1.165, 1.54) is 11.3 Å². The number of anilines is 1. The molecule has 140 valence electrons. The number of thiazole rings is 1. The highest BCUT2D eigenvalue weighted by atomic mass is 32.1. The second-order valence-corrected chi connectivity index (χ2v) is 7.46.